The molecule has 1 heterocycles. The molecule has 9 heteroatoms. The van der Waals surface area contributed by atoms with Crippen LogP contribution in [0.15, 0.2) is 30.6 Å². The third-order valence-corrected chi connectivity index (χ3v) is 4.00. The zero-order chi connectivity index (χ0) is 19.6. The number of hydrogen-bond donors (Lipinski definition) is 1. The van der Waals surface area contributed by atoms with E-state index in [0.29, 0.717) is 32.8 Å². The van der Waals surface area contributed by atoms with Crippen molar-refractivity contribution in [1.29, 1.82) is 0 Å². The Morgan fingerprint density at radius 2 is 1.74 bits per heavy atom. The van der Waals surface area contributed by atoms with Gasteiger partial charge in [-0.2, -0.15) is 0 Å². The van der Waals surface area contributed by atoms with Gasteiger partial charge in [-0.1, -0.05) is 29.8 Å². The van der Waals surface area contributed by atoms with Gasteiger partial charge in [0, 0.05) is 33.9 Å². The number of nitrogens with zero attached hydrogens (tertiary/aromatic N) is 4. The second-order valence-corrected chi connectivity index (χ2v) is 5.96. The smallest absolute Gasteiger partial charge is 0.353 e. The lowest BCUT2D eigenvalue weighted by Crippen LogP contribution is -2.32. The van der Waals surface area contributed by atoms with Crippen LogP contribution in [-0.2, 0) is 16.0 Å². The molecule has 2 aromatic rings. The van der Waals surface area contributed by atoms with Gasteiger partial charge < -0.3 is 19.7 Å². The number of rotatable bonds is 11. The molecular formula is C18H25N5O4. The van der Waals surface area contributed by atoms with E-state index >= 15 is 0 Å². The van der Waals surface area contributed by atoms with Crippen molar-refractivity contribution in [2.75, 3.05) is 50.7 Å². The molecule has 0 aliphatic heterocycles. The number of nitrogens with one attached hydrogen (secondary N) is 1. The molecule has 0 atom stereocenters. The highest BCUT2D eigenvalue weighted by Crippen LogP contribution is 2.31. The third-order valence-electron chi connectivity index (χ3n) is 4.00. The van der Waals surface area contributed by atoms with Crippen molar-refractivity contribution in [3.05, 3.63) is 51.8 Å². The first-order valence-electron chi connectivity index (χ1n) is 8.58. The lowest BCUT2D eigenvalue weighted by Gasteiger charge is -2.23. The molecule has 0 amide bonds. The fraction of sp³-hybridized carbons (Fsp3) is 0.444. The van der Waals surface area contributed by atoms with E-state index in [0.717, 1.165) is 11.1 Å². The predicted molar refractivity (Wildman–Crippen MR) is 103 cm³/mol. The van der Waals surface area contributed by atoms with Gasteiger partial charge in [0.2, 0.25) is 11.6 Å². The minimum Gasteiger partial charge on any atom is -0.383 e. The van der Waals surface area contributed by atoms with E-state index in [4.69, 9.17) is 9.47 Å². The maximum Gasteiger partial charge on any atom is 0.353 e. The van der Waals surface area contributed by atoms with Crippen molar-refractivity contribution in [2.45, 2.75) is 13.5 Å². The third kappa shape index (κ3) is 5.87. The molecule has 0 bridgehead atoms. The number of hydrogen-bond acceptors (Lipinski definition) is 8. The lowest BCUT2D eigenvalue weighted by molar-refractivity contribution is -0.383. The van der Waals surface area contributed by atoms with Crippen molar-refractivity contribution in [3.8, 4) is 0 Å². The number of aryl methyl sites for hydroxylation is 1. The van der Waals surface area contributed by atoms with Gasteiger partial charge in [0.1, 0.15) is 6.33 Å². The predicted octanol–water partition coefficient (Wildman–Crippen LogP) is 2.40. The summed E-state index contributed by atoms with van der Waals surface area (Å²) in [6.07, 6.45) is 1.33. The van der Waals surface area contributed by atoms with Crippen LogP contribution in [0.4, 0.5) is 17.3 Å². The standard InChI is InChI=1S/C18H25N5O4/c1-14-4-6-15(7-5-14)12-19-17-16(23(24)25)18(21-13-20-17)22(8-10-26-2)9-11-27-3/h4-7,13H,8-12H2,1-3H3,(H,19,20,21). The largest absolute Gasteiger partial charge is 0.383 e. The van der Waals surface area contributed by atoms with E-state index in [9.17, 15) is 10.1 Å². The Hall–Kier alpha value is -2.78. The van der Waals surface area contributed by atoms with E-state index in [1.165, 1.54) is 6.33 Å². The second-order valence-electron chi connectivity index (χ2n) is 5.96. The Morgan fingerprint density at radius 1 is 1.11 bits per heavy atom. The summed E-state index contributed by atoms with van der Waals surface area (Å²) < 4.78 is 10.2. The molecule has 1 aromatic carbocycles. The van der Waals surface area contributed by atoms with Gasteiger partial charge in [0.15, 0.2) is 0 Å². The van der Waals surface area contributed by atoms with Crippen LogP contribution >= 0.6 is 0 Å². The van der Waals surface area contributed by atoms with Crippen LogP contribution in [0, 0.1) is 17.0 Å². The Labute approximate surface area is 158 Å². The SMILES string of the molecule is COCCN(CCOC)c1ncnc(NCc2ccc(C)cc2)c1[N+](=O)[O-]. The molecule has 0 spiro atoms. The number of anilines is 2. The fourth-order valence-electron chi connectivity index (χ4n) is 2.52. The molecule has 1 aromatic heterocycles. The molecule has 0 fully saturated rings. The van der Waals surface area contributed by atoms with Crippen LogP contribution in [0.25, 0.3) is 0 Å². The highest BCUT2D eigenvalue weighted by molar-refractivity contribution is 5.70. The first kappa shape index (κ1) is 20.5. The molecular weight excluding hydrogens is 350 g/mol. The van der Waals surface area contributed by atoms with Crippen LogP contribution in [0.1, 0.15) is 11.1 Å². The van der Waals surface area contributed by atoms with E-state index in [2.05, 4.69) is 15.3 Å². The van der Waals surface area contributed by atoms with Gasteiger partial charge in [-0.05, 0) is 12.5 Å². The Bertz CT molecular complexity index is 731. The second kappa shape index (κ2) is 10.4. The zero-order valence-corrected chi connectivity index (χ0v) is 15.8. The Kier molecular flexibility index (Phi) is 7.90. The van der Waals surface area contributed by atoms with Crippen LogP contribution < -0.4 is 10.2 Å². The number of methoxy groups -OCH3 is 2. The number of benzene rings is 1. The van der Waals surface area contributed by atoms with E-state index in [-0.39, 0.29) is 17.3 Å². The summed E-state index contributed by atoms with van der Waals surface area (Å²) >= 11 is 0. The summed E-state index contributed by atoms with van der Waals surface area (Å²) in [6, 6.07) is 7.93. The quantitative estimate of drug-likeness (QED) is 0.472. The van der Waals surface area contributed by atoms with Crippen molar-refractivity contribution in [1.82, 2.24) is 9.97 Å². The van der Waals surface area contributed by atoms with Crippen LogP contribution in [0.2, 0.25) is 0 Å². The van der Waals surface area contributed by atoms with Gasteiger partial charge in [0.25, 0.3) is 0 Å². The Morgan fingerprint density at radius 3 is 2.30 bits per heavy atom. The van der Waals surface area contributed by atoms with Gasteiger partial charge in [-0.25, -0.2) is 9.97 Å². The highest BCUT2D eigenvalue weighted by atomic mass is 16.6. The fourth-order valence-corrected chi connectivity index (χ4v) is 2.52. The first-order valence-corrected chi connectivity index (χ1v) is 8.58. The maximum atomic E-state index is 11.7. The van der Waals surface area contributed by atoms with Gasteiger partial charge in [-0.15, -0.1) is 0 Å². The minimum absolute atomic E-state index is 0.156. The molecule has 0 saturated heterocycles. The lowest BCUT2D eigenvalue weighted by atomic mass is 10.1. The summed E-state index contributed by atoms with van der Waals surface area (Å²) in [4.78, 5) is 21.3. The maximum absolute atomic E-state index is 11.7. The van der Waals surface area contributed by atoms with E-state index in [1.54, 1.807) is 19.1 Å². The van der Waals surface area contributed by atoms with Crippen LogP contribution in [-0.4, -0.2) is 55.4 Å². The van der Waals surface area contributed by atoms with Gasteiger partial charge in [0.05, 0.1) is 18.1 Å². The first-order chi connectivity index (χ1) is 13.1. The van der Waals surface area contributed by atoms with Crippen molar-refractivity contribution in [3.63, 3.8) is 0 Å². The summed E-state index contributed by atoms with van der Waals surface area (Å²) in [6.45, 7) is 4.17. The molecule has 0 radical (unpaired) electrons. The average Bonchev–Trinajstić information content (AvgIpc) is 2.67. The van der Waals surface area contributed by atoms with Crippen molar-refractivity contribution >= 4 is 17.3 Å². The van der Waals surface area contributed by atoms with Crippen molar-refractivity contribution in [2.24, 2.45) is 0 Å². The number of aromatic nitrogens is 2. The zero-order valence-electron chi connectivity index (χ0n) is 15.8. The monoisotopic (exact) mass is 375 g/mol. The van der Waals surface area contributed by atoms with Gasteiger partial charge >= 0.3 is 5.69 Å². The molecule has 9 nitrogen and oxygen atoms in total. The van der Waals surface area contributed by atoms with Crippen molar-refractivity contribution < 1.29 is 14.4 Å². The molecule has 27 heavy (non-hydrogen) atoms. The summed E-state index contributed by atoms with van der Waals surface area (Å²) in [7, 11) is 3.16. The van der Waals surface area contributed by atoms with Crippen LogP contribution in [0.5, 0.6) is 0 Å². The van der Waals surface area contributed by atoms with E-state index in [1.807, 2.05) is 31.2 Å². The number of ether oxygens (including phenoxy) is 2. The molecule has 1 N–H and O–H groups in total. The highest BCUT2D eigenvalue weighted by Gasteiger charge is 2.26. The number of nitro groups is 1. The topological polar surface area (TPSA) is 103 Å². The summed E-state index contributed by atoms with van der Waals surface area (Å²) in [5.74, 6) is 0.431. The Balaban J connectivity index is 2.27. The van der Waals surface area contributed by atoms with Crippen LogP contribution in [0.3, 0.4) is 0 Å². The molecule has 0 unspecified atom stereocenters. The van der Waals surface area contributed by atoms with Gasteiger partial charge in [-0.3, -0.25) is 10.1 Å². The minimum atomic E-state index is -0.459. The average molecular weight is 375 g/mol. The normalized spacial score (nSPS) is 10.6. The molecule has 0 saturated carbocycles. The summed E-state index contributed by atoms with van der Waals surface area (Å²) in [5.41, 5.74) is 2.00. The molecule has 2 rings (SSSR count). The van der Waals surface area contributed by atoms with E-state index < -0.39 is 4.92 Å². The summed E-state index contributed by atoms with van der Waals surface area (Å²) in [5, 5.41) is 14.8. The molecule has 0 aliphatic carbocycles. The molecule has 146 valence electrons. The molecule has 0 aliphatic rings.